The zero-order valence-corrected chi connectivity index (χ0v) is 10.5. The first-order chi connectivity index (χ1) is 7.59. The van der Waals surface area contributed by atoms with Crippen LogP contribution in [-0.2, 0) is 4.74 Å². The fourth-order valence-electron chi connectivity index (χ4n) is 1.80. The molecule has 0 aliphatic rings. The Bertz CT molecular complexity index is 284. The number of hydrogen-bond donors (Lipinski definition) is 1. The van der Waals surface area contributed by atoms with E-state index < -0.39 is 0 Å². The van der Waals surface area contributed by atoms with Gasteiger partial charge in [0.25, 0.3) is 0 Å². The van der Waals surface area contributed by atoms with Gasteiger partial charge >= 0.3 is 0 Å². The van der Waals surface area contributed by atoms with E-state index in [1.807, 2.05) is 30.3 Å². The molecule has 1 aromatic carbocycles. The van der Waals surface area contributed by atoms with E-state index in [9.17, 15) is 0 Å². The van der Waals surface area contributed by atoms with Gasteiger partial charge in [-0.25, -0.2) is 0 Å². The van der Waals surface area contributed by atoms with Crippen LogP contribution in [0.25, 0.3) is 0 Å². The third kappa shape index (κ3) is 4.77. The molecule has 0 spiro atoms. The molecule has 0 aromatic heterocycles. The van der Waals surface area contributed by atoms with Gasteiger partial charge in [0.05, 0.1) is 18.8 Å². The maximum atomic E-state index is 6.05. The van der Waals surface area contributed by atoms with Crippen LogP contribution < -0.4 is 5.73 Å². The molecule has 0 radical (unpaired) electrons. The zero-order chi connectivity index (χ0) is 12.0. The zero-order valence-electron chi connectivity index (χ0n) is 10.5. The SMILES string of the molecule is CC(C)CC(C)OCC(N)c1ccccc1. The maximum Gasteiger partial charge on any atom is 0.0662 e. The number of benzene rings is 1. The molecule has 2 heteroatoms. The molecule has 2 N–H and O–H groups in total. The summed E-state index contributed by atoms with van der Waals surface area (Å²) in [6.07, 6.45) is 1.37. The van der Waals surface area contributed by atoms with Crippen LogP contribution in [0.5, 0.6) is 0 Å². The summed E-state index contributed by atoms with van der Waals surface area (Å²) >= 11 is 0. The monoisotopic (exact) mass is 221 g/mol. The van der Waals surface area contributed by atoms with Gasteiger partial charge in [-0.3, -0.25) is 0 Å². The lowest BCUT2D eigenvalue weighted by molar-refractivity contribution is 0.0430. The molecule has 0 saturated heterocycles. The Labute approximate surface area is 98.8 Å². The molecule has 0 aliphatic heterocycles. The lowest BCUT2D eigenvalue weighted by Crippen LogP contribution is -2.21. The average molecular weight is 221 g/mol. The number of hydrogen-bond acceptors (Lipinski definition) is 2. The number of ether oxygens (including phenoxy) is 1. The lowest BCUT2D eigenvalue weighted by atomic mass is 10.1. The summed E-state index contributed by atoms with van der Waals surface area (Å²) in [5.74, 6) is 0.669. The van der Waals surface area contributed by atoms with Crippen molar-refractivity contribution in [2.24, 2.45) is 11.7 Å². The summed E-state index contributed by atoms with van der Waals surface area (Å²) < 4.78 is 5.74. The smallest absolute Gasteiger partial charge is 0.0662 e. The van der Waals surface area contributed by atoms with Gasteiger partial charge in [-0.1, -0.05) is 44.2 Å². The summed E-state index contributed by atoms with van der Waals surface area (Å²) in [4.78, 5) is 0. The standard InChI is InChI=1S/C14H23NO/c1-11(2)9-12(3)16-10-14(15)13-7-5-4-6-8-13/h4-8,11-12,14H,9-10,15H2,1-3H3. The summed E-state index contributed by atoms with van der Waals surface area (Å²) in [5.41, 5.74) is 7.19. The van der Waals surface area contributed by atoms with Gasteiger partial charge in [-0.15, -0.1) is 0 Å². The topological polar surface area (TPSA) is 35.2 Å². The average Bonchev–Trinajstić information content (AvgIpc) is 2.26. The second-order valence-electron chi connectivity index (χ2n) is 4.79. The first kappa shape index (κ1) is 13.2. The second kappa shape index (κ2) is 6.66. The minimum atomic E-state index is -0.0178. The van der Waals surface area contributed by atoms with Crippen LogP contribution in [0.1, 0.15) is 38.8 Å². The second-order valence-corrected chi connectivity index (χ2v) is 4.79. The molecule has 2 nitrogen and oxygen atoms in total. The molecular formula is C14H23NO. The highest BCUT2D eigenvalue weighted by Crippen LogP contribution is 2.13. The van der Waals surface area contributed by atoms with Crippen molar-refractivity contribution < 1.29 is 4.74 Å². The molecule has 0 amide bonds. The molecule has 0 fully saturated rings. The van der Waals surface area contributed by atoms with E-state index in [2.05, 4.69) is 20.8 Å². The highest BCUT2D eigenvalue weighted by atomic mass is 16.5. The Morgan fingerprint density at radius 1 is 1.12 bits per heavy atom. The summed E-state index contributed by atoms with van der Waals surface area (Å²) in [6, 6.07) is 10.1. The normalized spacial score (nSPS) is 15.1. The molecule has 0 aliphatic carbocycles. The van der Waals surface area contributed by atoms with E-state index in [1.54, 1.807) is 0 Å². The molecule has 1 aromatic rings. The highest BCUT2D eigenvalue weighted by Gasteiger charge is 2.09. The first-order valence-electron chi connectivity index (χ1n) is 6.01. The molecule has 0 bridgehead atoms. The van der Waals surface area contributed by atoms with Gasteiger partial charge in [-0.2, -0.15) is 0 Å². The Morgan fingerprint density at radius 2 is 1.75 bits per heavy atom. The lowest BCUT2D eigenvalue weighted by Gasteiger charge is -2.18. The van der Waals surface area contributed by atoms with E-state index >= 15 is 0 Å². The molecule has 0 heterocycles. The molecule has 2 atom stereocenters. The summed E-state index contributed by atoms with van der Waals surface area (Å²) in [7, 11) is 0. The van der Waals surface area contributed by atoms with Crippen LogP contribution in [0, 0.1) is 5.92 Å². The summed E-state index contributed by atoms with van der Waals surface area (Å²) in [5, 5.41) is 0. The van der Waals surface area contributed by atoms with E-state index in [-0.39, 0.29) is 12.1 Å². The number of nitrogens with two attached hydrogens (primary N) is 1. The van der Waals surface area contributed by atoms with Crippen molar-refractivity contribution in [1.82, 2.24) is 0 Å². The quantitative estimate of drug-likeness (QED) is 0.801. The van der Waals surface area contributed by atoms with Crippen LogP contribution in [0.3, 0.4) is 0 Å². The fraction of sp³-hybridized carbons (Fsp3) is 0.571. The molecule has 0 saturated carbocycles. The van der Waals surface area contributed by atoms with Crippen molar-refractivity contribution in [3.8, 4) is 0 Å². The van der Waals surface area contributed by atoms with E-state index in [4.69, 9.17) is 10.5 Å². The third-order valence-corrected chi connectivity index (χ3v) is 2.59. The fourth-order valence-corrected chi connectivity index (χ4v) is 1.80. The maximum absolute atomic E-state index is 6.05. The van der Waals surface area contributed by atoms with Crippen LogP contribution in [0.15, 0.2) is 30.3 Å². The van der Waals surface area contributed by atoms with Crippen molar-refractivity contribution in [3.05, 3.63) is 35.9 Å². The molecule has 1 rings (SSSR count). The highest BCUT2D eigenvalue weighted by molar-refractivity contribution is 5.18. The molecule has 90 valence electrons. The molecule has 16 heavy (non-hydrogen) atoms. The van der Waals surface area contributed by atoms with Gasteiger partial charge < -0.3 is 10.5 Å². The minimum Gasteiger partial charge on any atom is -0.377 e. The van der Waals surface area contributed by atoms with Gasteiger partial charge in [0.15, 0.2) is 0 Å². The van der Waals surface area contributed by atoms with Gasteiger partial charge in [-0.05, 0) is 24.8 Å². The predicted octanol–water partition coefficient (Wildman–Crippen LogP) is 3.14. The largest absolute Gasteiger partial charge is 0.377 e. The van der Waals surface area contributed by atoms with E-state index in [1.165, 1.54) is 0 Å². The third-order valence-electron chi connectivity index (χ3n) is 2.59. The number of rotatable bonds is 6. The van der Waals surface area contributed by atoms with Crippen molar-refractivity contribution >= 4 is 0 Å². The van der Waals surface area contributed by atoms with Crippen molar-refractivity contribution in [1.29, 1.82) is 0 Å². The van der Waals surface area contributed by atoms with Gasteiger partial charge in [0.2, 0.25) is 0 Å². The Kier molecular flexibility index (Phi) is 5.50. The predicted molar refractivity (Wildman–Crippen MR) is 68.2 cm³/mol. The van der Waals surface area contributed by atoms with Crippen LogP contribution >= 0.6 is 0 Å². The Balaban J connectivity index is 2.33. The van der Waals surface area contributed by atoms with Crippen LogP contribution in [0.4, 0.5) is 0 Å². The van der Waals surface area contributed by atoms with E-state index in [0.717, 1.165) is 12.0 Å². The van der Waals surface area contributed by atoms with Crippen molar-refractivity contribution in [2.75, 3.05) is 6.61 Å². The Hall–Kier alpha value is -0.860. The summed E-state index contributed by atoms with van der Waals surface area (Å²) in [6.45, 7) is 7.11. The van der Waals surface area contributed by atoms with Gasteiger partial charge in [0.1, 0.15) is 0 Å². The minimum absolute atomic E-state index is 0.0178. The van der Waals surface area contributed by atoms with Crippen LogP contribution in [0.2, 0.25) is 0 Å². The van der Waals surface area contributed by atoms with Crippen molar-refractivity contribution in [3.63, 3.8) is 0 Å². The molecule has 2 unspecified atom stereocenters. The van der Waals surface area contributed by atoms with E-state index in [0.29, 0.717) is 12.5 Å². The molecular weight excluding hydrogens is 198 g/mol. The van der Waals surface area contributed by atoms with Crippen LogP contribution in [-0.4, -0.2) is 12.7 Å². The first-order valence-corrected chi connectivity index (χ1v) is 6.01. The Morgan fingerprint density at radius 3 is 2.31 bits per heavy atom. The van der Waals surface area contributed by atoms with Crippen molar-refractivity contribution in [2.45, 2.75) is 39.3 Å². The van der Waals surface area contributed by atoms with Gasteiger partial charge in [0, 0.05) is 0 Å².